The highest BCUT2D eigenvalue weighted by molar-refractivity contribution is 5.87. The van der Waals surface area contributed by atoms with Gasteiger partial charge < -0.3 is 9.80 Å². The molecule has 27 heavy (non-hydrogen) atoms. The average Bonchev–Trinajstić information content (AvgIpc) is 2.88. The molecule has 0 bridgehead atoms. The summed E-state index contributed by atoms with van der Waals surface area (Å²) in [5.74, 6) is -3.41. The molecule has 1 saturated carbocycles. The molecule has 2 saturated heterocycles. The second kappa shape index (κ2) is 6.53. The quantitative estimate of drug-likeness (QED) is 0.814. The lowest BCUT2D eigenvalue weighted by molar-refractivity contribution is -0.164. The minimum atomic E-state index is -2.70. The van der Waals surface area contributed by atoms with Gasteiger partial charge in [0.2, 0.25) is 17.7 Å². The fraction of sp³-hybridized carbons (Fsp3) is 0.650. The van der Waals surface area contributed by atoms with Crippen molar-refractivity contribution in [1.82, 2.24) is 14.8 Å². The summed E-state index contributed by atoms with van der Waals surface area (Å²) in [5, 5.41) is 0. The van der Waals surface area contributed by atoms with E-state index in [2.05, 4.69) is 4.98 Å². The largest absolute Gasteiger partial charge is 0.341 e. The SMILES string of the molecule is Cc1cccc(CN2CCC3(CCCN(C(=O)C4CC(F)(F)C4)C3)C2=O)n1. The standard InChI is InChI=1S/C20H25F2N3O2/c1-14-4-2-5-16(23-14)12-24-9-7-19(18(24)27)6-3-8-25(13-19)17(26)15-10-20(21,22)11-15/h2,4-5,15H,3,6-13H2,1H3. The fourth-order valence-electron chi connectivity index (χ4n) is 4.72. The molecule has 2 amide bonds. The third-order valence-corrected chi connectivity index (χ3v) is 6.23. The van der Waals surface area contributed by atoms with Crippen molar-refractivity contribution in [1.29, 1.82) is 0 Å². The van der Waals surface area contributed by atoms with Gasteiger partial charge in [-0.05, 0) is 38.3 Å². The zero-order valence-corrected chi connectivity index (χ0v) is 15.6. The van der Waals surface area contributed by atoms with Crippen molar-refractivity contribution in [3.05, 3.63) is 29.6 Å². The Morgan fingerprint density at radius 3 is 2.74 bits per heavy atom. The molecule has 2 aliphatic heterocycles. The molecular formula is C20H25F2N3O2. The monoisotopic (exact) mass is 377 g/mol. The van der Waals surface area contributed by atoms with Crippen LogP contribution in [-0.2, 0) is 16.1 Å². The van der Waals surface area contributed by atoms with Crippen LogP contribution in [0.5, 0.6) is 0 Å². The molecule has 0 N–H and O–H groups in total. The molecule has 1 aromatic heterocycles. The molecule has 4 rings (SSSR count). The molecule has 3 heterocycles. The van der Waals surface area contributed by atoms with Gasteiger partial charge in [0.1, 0.15) is 0 Å². The molecule has 7 heteroatoms. The number of hydrogen-bond acceptors (Lipinski definition) is 3. The summed E-state index contributed by atoms with van der Waals surface area (Å²) in [6.07, 6.45) is 1.51. The molecule has 1 aliphatic carbocycles. The zero-order chi connectivity index (χ0) is 19.2. The number of aromatic nitrogens is 1. The summed E-state index contributed by atoms with van der Waals surface area (Å²) in [6, 6.07) is 5.77. The van der Waals surface area contributed by atoms with Crippen LogP contribution in [-0.4, -0.2) is 52.2 Å². The number of carbonyl (C=O) groups is 2. The molecule has 5 nitrogen and oxygen atoms in total. The van der Waals surface area contributed by atoms with Gasteiger partial charge in [0, 0.05) is 44.1 Å². The van der Waals surface area contributed by atoms with Gasteiger partial charge in [-0.3, -0.25) is 14.6 Å². The highest BCUT2D eigenvalue weighted by Gasteiger charge is 2.53. The Hall–Kier alpha value is -2.05. The first-order valence-corrected chi connectivity index (χ1v) is 9.67. The maximum Gasteiger partial charge on any atom is 0.249 e. The first kappa shape index (κ1) is 18.3. The van der Waals surface area contributed by atoms with E-state index in [1.54, 1.807) is 4.90 Å². The van der Waals surface area contributed by atoms with E-state index >= 15 is 0 Å². The minimum absolute atomic E-state index is 0.0715. The van der Waals surface area contributed by atoms with Gasteiger partial charge >= 0.3 is 0 Å². The Morgan fingerprint density at radius 1 is 1.26 bits per heavy atom. The second-order valence-electron chi connectivity index (χ2n) is 8.35. The predicted octanol–water partition coefficient (Wildman–Crippen LogP) is 2.78. The lowest BCUT2D eigenvalue weighted by Gasteiger charge is -2.43. The van der Waals surface area contributed by atoms with Crippen LogP contribution in [0.25, 0.3) is 0 Å². The first-order chi connectivity index (χ1) is 12.8. The number of likely N-dealkylation sites (tertiary alicyclic amines) is 2. The zero-order valence-electron chi connectivity index (χ0n) is 15.6. The molecule has 146 valence electrons. The summed E-state index contributed by atoms with van der Waals surface area (Å²) in [5.41, 5.74) is 1.23. The van der Waals surface area contributed by atoms with Crippen molar-refractivity contribution in [3.8, 4) is 0 Å². The number of aryl methyl sites for hydroxylation is 1. The van der Waals surface area contributed by atoms with Gasteiger partial charge in [0.05, 0.1) is 17.7 Å². The molecule has 1 unspecified atom stereocenters. The smallest absolute Gasteiger partial charge is 0.249 e. The van der Waals surface area contributed by atoms with Gasteiger partial charge in [-0.1, -0.05) is 6.07 Å². The van der Waals surface area contributed by atoms with Crippen LogP contribution in [0.3, 0.4) is 0 Å². The molecule has 1 aromatic rings. The third kappa shape index (κ3) is 3.44. The van der Waals surface area contributed by atoms with Crippen LogP contribution in [0.2, 0.25) is 0 Å². The van der Waals surface area contributed by atoms with Crippen molar-refractivity contribution >= 4 is 11.8 Å². The summed E-state index contributed by atoms with van der Waals surface area (Å²) >= 11 is 0. The summed E-state index contributed by atoms with van der Waals surface area (Å²) in [6.45, 7) is 3.98. The number of rotatable bonds is 3. The maximum atomic E-state index is 13.1. The number of halogens is 2. The van der Waals surface area contributed by atoms with E-state index in [9.17, 15) is 18.4 Å². The van der Waals surface area contributed by atoms with E-state index in [0.717, 1.165) is 24.2 Å². The Kier molecular flexibility index (Phi) is 4.43. The number of alkyl halides is 2. The Balaban J connectivity index is 1.42. The highest BCUT2D eigenvalue weighted by atomic mass is 19.3. The maximum absolute atomic E-state index is 13.1. The predicted molar refractivity (Wildman–Crippen MR) is 94.9 cm³/mol. The normalized spacial score (nSPS) is 27.9. The van der Waals surface area contributed by atoms with Crippen LogP contribution in [0.1, 0.15) is 43.5 Å². The summed E-state index contributed by atoms with van der Waals surface area (Å²) in [4.78, 5) is 33.7. The molecule has 3 fully saturated rings. The number of pyridine rings is 1. The van der Waals surface area contributed by atoms with E-state index in [4.69, 9.17) is 0 Å². The molecule has 0 radical (unpaired) electrons. The average molecular weight is 377 g/mol. The Morgan fingerprint density at radius 2 is 2.04 bits per heavy atom. The Labute approximate surface area is 157 Å². The van der Waals surface area contributed by atoms with Crippen LogP contribution in [0, 0.1) is 18.3 Å². The molecule has 1 spiro atoms. The fourth-order valence-corrected chi connectivity index (χ4v) is 4.72. The molecule has 0 aromatic carbocycles. The first-order valence-electron chi connectivity index (χ1n) is 9.67. The van der Waals surface area contributed by atoms with Crippen LogP contribution in [0.4, 0.5) is 8.78 Å². The minimum Gasteiger partial charge on any atom is -0.341 e. The Bertz CT molecular complexity index is 761. The van der Waals surface area contributed by atoms with Gasteiger partial charge in [-0.25, -0.2) is 8.78 Å². The topological polar surface area (TPSA) is 53.5 Å². The lowest BCUT2D eigenvalue weighted by atomic mass is 9.76. The van der Waals surface area contributed by atoms with Crippen molar-refractivity contribution in [3.63, 3.8) is 0 Å². The second-order valence-corrected chi connectivity index (χ2v) is 8.35. The number of amides is 2. The van der Waals surface area contributed by atoms with Crippen molar-refractivity contribution < 1.29 is 18.4 Å². The van der Waals surface area contributed by atoms with Gasteiger partial charge in [-0.2, -0.15) is 0 Å². The molecule has 1 atom stereocenters. The number of nitrogens with zero attached hydrogens (tertiary/aromatic N) is 3. The summed E-state index contributed by atoms with van der Waals surface area (Å²) in [7, 11) is 0. The van der Waals surface area contributed by atoms with E-state index in [-0.39, 0.29) is 24.7 Å². The van der Waals surface area contributed by atoms with E-state index < -0.39 is 17.3 Å². The lowest BCUT2D eigenvalue weighted by Crippen LogP contribution is -2.54. The van der Waals surface area contributed by atoms with Crippen LogP contribution >= 0.6 is 0 Å². The number of piperidine rings is 1. The van der Waals surface area contributed by atoms with E-state index in [0.29, 0.717) is 32.6 Å². The van der Waals surface area contributed by atoms with Crippen LogP contribution in [0.15, 0.2) is 18.2 Å². The van der Waals surface area contributed by atoms with E-state index in [1.165, 1.54) is 0 Å². The van der Waals surface area contributed by atoms with Crippen molar-refractivity contribution in [2.45, 2.75) is 51.5 Å². The van der Waals surface area contributed by atoms with Crippen LogP contribution < -0.4 is 0 Å². The van der Waals surface area contributed by atoms with E-state index in [1.807, 2.05) is 30.0 Å². The van der Waals surface area contributed by atoms with Gasteiger partial charge in [-0.15, -0.1) is 0 Å². The third-order valence-electron chi connectivity index (χ3n) is 6.23. The number of carbonyl (C=O) groups excluding carboxylic acids is 2. The molecule has 3 aliphatic rings. The number of hydrogen-bond donors (Lipinski definition) is 0. The summed E-state index contributed by atoms with van der Waals surface area (Å²) < 4.78 is 26.2. The highest BCUT2D eigenvalue weighted by Crippen LogP contribution is 2.45. The molecular weight excluding hydrogens is 352 g/mol. The van der Waals surface area contributed by atoms with Crippen molar-refractivity contribution in [2.75, 3.05) is 19.6 Å². The van der Waals surface area contributed by atoms with Gasteiger partial charge in [0.25, 0.3) is 0 Å². The van der Waals surface area contributed by atoms with Gasteiger partial charge in [0.15, 0.2) is 0 Å². The van der Waals surface area contributed by atoms with Crippen molar-refractivity contribution in [2.24, 2.45) is 11.3 Å².